The molecule has 2 amide bonds. The van der Waals surface area contributed by atoms with Crippen LogP contribution in [0.4, 0.5) is 16.2 Å². The molecule has 7 heteroatoms. The summed E-state index contributed by atoms with van der Waals surface area (Å²) in [5.41, 5.74) is 4.27. The zero-order chi connectivity index (χ0) is 28.6. The number of ether oxygens (including phenoxy) is 1. The number of nitrogens with one attached hydrogen (secondary N) is 1. The van der Waals surface area contributed by atoms with Crippen LogP contribution in [0.3, 0.4) is 0 Å². The highest BCUT2D eigenvalue weighted by atomic mass is 79.9. The van der Waals surface area contributed by atoms with E-state index in [1.165, 1.54) is 12.0 Å². The van der Waals surface area contributed by atoms with Gasteiger partial charge in [0.25, 0.3) is 5.91 Å². The van der Waals surface area contributed by atoms with Crippen molar-refractivity contribution in [2.45, 2.75) is 105 Å². The van der Waals surface area contributed by atoms with Gasteiger partial charge >= 0.3 is 6.09 Å². The lowest BCUT2D eigenvalue weighted by Crippen LogP contribution is -3.00. The van der Waals surface area contributed by atoms with Crippen molar-refractivity contribution < 1.29 is 35.8 Å². The summed E-state index contributed by atoms with van der Waals surface area (Å²) in [5, 5.41) is 3.32. The van der Waals surface area contributed by atoms with Crippen LogP contribution in [-0.2, 0) is 16.1 Å². The number of hydrogen-bond acceptors (Lipinski definition) is 3. The molecule has 40 heavy (non-hydrogen) atoms. The molecule has 6 nitrogen and oxygen atoms in total. The van der Waals surface area contributed by atoms with E-state index in [0.29, 0.717) is 6.54 Å². The molecular formula is C33H50BrN3O3. The van der Waals surface area contributed by atoms with Crippen molar-refractivity contribution in [1.29, 1.82) is 0 Å². The largest absolute Gasteiger partial charge is 1.00 e. The molecule has 1 aliphatic rings. The van der Waals surface area contributed by atoms with Crippen LogP contribution in [0.1, 0.15) is 89.8 Å². The molecule has 0 spiro atoms. The Morgan fingerprint density at radius 1 is 1.00 bits per heavy atom. The molecule has 1 fully saturated rings. The topological polar surface area (TPSA) is 58.6 Å². The highest BCUT2D eigenvalue weighted by Gasteiger charge is 2.42. The van der Waals surface area contributed by atoms with Gasteiger partial charge in [-0.15, -0.1) is 0 Å². The van der Waals surface area contributed by atoms with Gasteiger partial charge in [0, 0.05) is 29.9 Å². The van der Waals surface area contributed by atoms with Crippen molar-refractivity contribution in [2.75, 3.05) is 29.9 Å². The van der Waals surface area contributed by atoms with Gasteiger partial charge in [-0.1, -0.05) is 50.6 Å². The number of benzene rings is 2. The molecule has 1 saturated heterocycles. The summed E-state index contributed by atoms with van der Waals surface area (Å²) in [5.74, 6) is 0.0873. The molecule has 0 bridgehead atoms. The maximum Gasteiger partial charge on any atom is 0.414 e. The summed E-state index contributed by atoms with van der Waals surface area (Å²) in [6.07, 6.45) is 5.86. The van der Waals surface area contributed by atoms with Crippen molar-refractivity contribution in [3.05, 3.63) is 59.2 Å². The van der Waals surface area contributed by atoms with Crippen molar-refractivity contribution in [3.63, 3.8) is 0 Å². The van der Waals surface area contributed by atoms with Gasteiger partial charge in [-0.05, 0) is 83.6 Å². The number of nitrogens with zero attached hydrogens (tertiary/aromatic N) is 2. The second-order valence-electron chi connectivity index (χ2n) is 12.2. The minimum Gasteiger partial charge on any atom is -1.00 e. The van der Waals surface area contributed by atoms with Crippen LogP contribution in [-0.4, -0.2) is 47.8 Å². The van der Waals surface area contributed by atoms with E-state index in [4.69, 9.17) is 4.74 Å². The van der Waals surface area contributed by atoms with Gasteiger partial charge < -0.3 is 31.5 Å². The van der Waals surface area contributed by atoms with E-state index in [0.717, 1.165) is 78.7 Å². The van der Waals surface area contributed by atoms with E-state index in [1.807, 2.05) is 46.8 Å². The first kappa shape index (κ1) is 33.8. The van der Waals surface area contributed by atoms with E-state index < -0.39 is 5.60 Å². The van der Waals surface area contributed by atoms with Crippen LogP contribution in [0, 0.1) is 13.8 Å². The van der Waals surface area contributed by atoms with Crippen molar-refractivity contribution in [2.24, 2.45) is 0 Å². The Kier molecular flexibility index (Phi) is 12.7. The Labute approximate surface area is 252 Å². The minimum atomic E-state index is -0.568. The van der Waals surface area contributed by atoms with Crippen LogP contribution < -0.4 is 27.2 Å². The Balaban J connectivity index is 0.00000560. The van der Waals surface area contributed by atoms with E-state index in [2.05, 4.69) is 49.5 Å². The minimum absolute atomic E-state index is 0. The fourth-order valence-electron chi connectivity index (χ4n) is 5.95. The third-order valence-corrected chi connectivity index (χ3v) is 7.82. The summed E-state index contributed by atoms with van der Waals surface area (Å²) in [7, 11) is 0. The number of rotatable bonds is 10. The van der Waals surface area contributed by atoms with Gasteiger partial charge in [-0.3, -0.25) is 9.69 Å². The van der Waals surface area contributed by atoms with Crippen LogP contribution in [0.5, 0.6) is 0 Å². The maximum absolute atomic E-state index is 14.0. The molecule has 222 valence electrons. The molecule has 1 heterocycles. The average molecular weight is 617 g/mol. The van der Waals surface area contributed by atoms with Crippen LogP contribution >= 0.6 is 0 Å². The zero-order valence-electron chi connectivity index (χ0n) is 25.7. The lowest BCUT2D eigenvalue weighted by Gasteiger charge is -2.46. The molecular weight excluding hydrogens is 566 g/mol. The summed E-state index contributed by atoms with van der Waals surface area (Å²) < 4.78 is 6.53. The number of anilines is 2. The third-order valence-electron chi connectivity index (χ3n) is 7.82. The molecule has 1 N–H and O–H groups in total. The van der Waals surface area contributed by atoms with Gasteiger partial charge in [-0.2, -0.15) is 0 Å². The first-order valence-corrected chi connectivity index (χ1v) is 14.8. The second kappa shape index (κ2) is 15.0. The van der Waals surface area contributed by atoms with Gasteiger partial charge in [0.2, 0.25) is 0 Å². The van der Waals surface area contributed by atoms with Crippen LogP contribution in [0.2, 0.25) is 0 Å². The first-order valence-electron chi connectivity index (χ1n) is 14.8. The van der Waals surface area contributed by atoms with Crippen LogP contribution in [0.25, 0.3) is 0 Å². The first-order chi connectivity index (χ1) is 18.5. The number of carbonyl (C=O) groups excluding carboxylic acids is 2. The predicted octanol–water partition coefficient (Wildman–Crippen LogP) is 4.77. The lowest BCUT2D eigenvalue weighted by atomic mass is 9.98. The average Bonchev–Trinajstić information content (AvgIpc) is 2.87. The van der Waals surface area contributed by atoms with Gasteiger partial charge in [0.1, 0.15) is 12.1 Å². The molecule has 1 aliphatic heterocycles. The fraction of sp³-hybridized carbons (Fsp3) is 0.576. The van der Waals surface area contributed by atoms with E-state index in [1.54, 1.807) is 4.90 Å². The zero-order valence-corrected chi connectivity index (χ0v) is 27.3. The Bertz CT molecular complexity index is 1080. The standard InChI is InChI=1S/C33H49N3O3.BrH/c1-8-10-19-35(32(38)39-33(5,6)7)28-22-25(3)30(26(4)23-28)34-31(37)29(9-2)36(20-15-12-16-21-36)24-27-17-13-11-14-18-27;/h11,13-14,17-18,22-23,29H,8-10,12,15-16,19-21,24H2,1-7H3;1H. The molecule has 0 saturated carbocycles. The van der Waals surface area contributed by atoms with Gasteiger partial charge in [0.15, 0.2) is 6.04 Å². The number of unbranched alkanes of at least 4 members (excludes halogenated alkanes) is 1. The number of piperidine rings is 1. The SMILES string of the molecule is CCCCN(C(=O)OC(C)(C)C)c1cc(C)c(NC(=O)C(CC)[N+]2(Cc3ccccc3)CCCCC2)c(C)c1.[Br-]. The van der Waals surface area contributed by atoms with E-state index >= 15 is 0 Å². The Hall–Kier alpha value is -2.38. The molecule has 0 aliphatic carbocycles. The highest BCUT2D eigenvalue weighted by molar-refractivity contribution is 5.96. The maximum atomic E-state index is 14.0. The highest BCUT2D eigenvalue weighted by Crippen LogP contribution is 2.32. The molecule has 1 unspecified atom stereocenters. The molecule has 0 radical (unpaired) electrons. The number of carbonyl (C=O) groups is 2. The van der Waals surface area contributed by atoms with Gasteiger partial charge in [0.05, 0.1) is 13.1 Å². The monoisotopic (exact) mass is 615 g/mol. The summed E-state index contributed by atoms with van der Waals surface area (Å²) >= 11 is 0. The Morgan fingerprint density at radius 2 is 1.60 bits per heavy atom. The number of halogens is 1. The Morgan fingerprint density at radius 3 is 2.12 bits per heavy atom. The molecule has 0 aromatic heterocycles. The van der Waals surface area contributed by atoms with Crippen LogP contribution in [0.15, 0.2) is 42.5 Å². The molecule has 1 atom stereocenters. The predicted molar refractivity (Wildman–Crippen MR) is 161 cm³/mol. The number of quaternary nitrogens is 1. The number of likely N-dealkylation sites (tertiary alicyclic amines) is 1. The van der Waals surface area contributed by atoms with Gasteiger partial charge in [-0.25, -0.2) is 4.79 Å². The smallest absolute Gasteiger partial charge is 0.414 e. The summed E-state index contributed by atoms with van der Waals surface area (Å²) in [4.78, 5) is 28.8. The summed E-state index contributed by atoms with van der Waals surface area (Å²) in [6.45, 7) is 17.5. The van der Waals surface area contributed by atoms with Crippen molar-refractivity contribution in [3.8, 4) is 0 Å². The number of aryl methyl sites for hydroxylation is 2. The van der Waals surface area contributed by atoms with Crippen molar-refractivity contribution >= 4 is 23.4 Å². The third kappa shape index (κ3) is 8.81. The fourth-order valence-corrected chi connectivity index (χ4v) is 5.95. The second-order valence-corrected chi connectivity index (χ2v) is 12.2. The lowest BCUT2D eigenvalue weighted by molar-refractivity contribution is -0.959. The number of amides is 2. The molecule has 3 rings (SSSR count). The molecule has 2 aromatic rings. The molecule has 2 aromatic carbocycles. The van der Waals surface area contributed by atoms with E-state index in [-0.39, 0.29) is 35.0 Å². The normalized spacial score (nSPS) is 15.5. The summed E-state index contributed by atoms with van der Waals surface area (Å²) in [6, 6.07) is 14.5. The quantitative estimate of drug-likeness (QED) is 0.392. The van der Waals surface area contributed by atoms with E-state index in [9.17, 15) is 9.59 Å². The van der Waals surface area contributed by atoms with Crippen molar-refractivity contribution in [1.82, 2.24) is 0 Å². The number of hydrogen-bond donors (Lipinski definition) is 1.